The molecule has 9 nitrogen and oxygen atoms in total. The molecule has 2 heterocycles. The normalized spacial score (nSPS) is 17.9. The molecule has 2 N–H and O–H groups in total. The lowest BCUT2D eigenvalue weighted by atomic mass is 9.95. The van der Waals surface area contributed by atoms with Gasteiger partial charge in [0.15, 0.2) is 11.5 Å². The number of ether oxygens (including phenoxy) is 4. The molecule has 32 heavy (non-hydrogen) atoms. The summed E-state index contributed by atoms with van der Waals surface area (Å²) in [5, 5.41) is 4.74. The van der Waals surface area contributed by atoms with E-state index in [0.29, 0.717) is 58.5 Å². The van der Waals surface area contributed by atoms with Crippen molar-refractivity contribution in [3.8, 4) is 34.4 Å². The van der Waals surface area contributed by atoms with Gasteiger partial charge in [-0.2, -0.15) is 4.98 Å². The van der Waals surface area contributed by atoms with E-state index in [0.717, 1.165) is 5.56 Å². The molecule has 2 aromatic carbocycles. The van der Waals surface area contributed by atoms with Gasteiger partial charge in [0, 0.05) is 12.1 Å². The van der Waals surface area contributed by atoms with E-state index in [1.165, 1.54) is 0 Å². The van der Waals surface area contributed by atoms with Gasteiger partial charge in [-0.25, -0.2) is 5.43 Å². The van der Waals surface area contributed by atoms with Crippen LogP contribution in [0, 0.1) is 0 Å². The maximum Gasteiger partial charge on any atom is 0.233 e. The Labute approximate surface area is 190 Å². The maximum atomic E-state index is 6.39. The molecule has 1 aliphatic rings. The minimum atomic E-state index is -0.101. The third-order valence-electron chi connectivity index (χ3n) is 5.28. The number of hydrazine groups is 1. The zero-order chi connectivity index (χ0) is 22.7. The van der Waals surface area contributed by atoms with Gasteiger partial charge in [0.25, 0.3) is 0 Å². The molecule has 1 saturated heterocycles. The van der Waals surface area contributed by atoms with Crippen LogP contribution < -0.4 is 29.8 Å². The molecule has 1 aliphatic heterocycles. The first kappa shape index (κ1) is 22.2. The highest BCUT2D eigenvalue weighted by Crippen LogP contribution is 2.41. The van der Waals surface area contributed by atoms with Crippen LogP contribution in [-0.4, -0.2) is 44.6 Å². The van der Waals surface area contributed by atoms with Crippen LogP contribution in [0.15, 0.2) is 34.9 Å². The second-order valence-corrected chi connectivity index (χ2v) is 7.51. The molecule has 1 aromatic heterocycles. The lowest BCUT2D eigenvalue weighted by molar-refractivity contribution is 0.324. The third-order valence-corrected chi connectivity index (χ3v) is 5.57. The summed E-state index contributed by atoms with van der Waals surface area (Å²) in [6, 6.07) is 9.20. The predicted octanol–water partition coefficient (Wildman–Crippen LogP) is 3.75. The third kappa shape index (κ3) is 4.19. The molecule has 0 amide bonds. The van der Waals surface area contributed by atoms with Crippen molar-refractivity contribution in [1.82, 2.24) is 21.0 Å². The fraction of sp³-hybridized carbons (Fsp3) is 0.364. The van der Waals surface area contributed by atoms with Crippen LogP contribution in [0.5, 0.6) is 23.0 Å². The molecular weight excluding hydrogens is 436 g/mol. The number of methoxy groups -OCH3 is 3. The lowest BCUT2D eigenvalue weighted by Crippen LogP contribution is -2.24. The van der Waals surface area contributed by atoms with Gasteiger partial charge in [0.2, 0.25) is 17.5 Å². The van der Waals surface area contributed by atoms with Crippen molar-refractivity contribution in [2.75, 3.05) is 34.5 Å². The fourth-order valence-electron chi connectivity index (χ4n) is 3.74. The van der Waals surface area contributed by atoms with E-state index in [-0.39, 0.29) is 12.0 Å². The molecule has 1 fully saturated rings. The van der Waals surface area contributed by atoms with E-state index in [1.807, 2.05) is 25.1 Å². The van der Waals surface area contributed by atoms with Gasteiger partial charge in [-0.15, -0.1) is 0 Å². The van der Waals surface area contributed by atoms with Crippen LogP contribution in [0.1, 0.15) is 30.3 Å². The fourth-order valence-corrected chi connectivity index (χ4v) is 3.98. The summed E-state index contributed by atoms with van der Waals surface area (Å²) in [6.07, 6.45) is 0. The Morgan fingerprint density at radius 2 is 1.81 bits per heavy atom. The van der Waals surface area contributed by atoms with Crippen LogP contribution in [0.2, 0.25) is 5.02 Å². The number of nitrogens with zero attached hydrogens (tertiary/aromatic N) is 2. The number of rotatable bonds is 8. The van der Waals surface area contributed by atoms with E-state index < -0.39 is 0 Å². The molecule has 10 heteroatoms. The first-order valence-corrected chi connectivity index (χ1v) is 10.5. The highest BCUT2D eigenvalue weighted by molar-refractivity contribution is 6.32. The molecule has 3 aromatic rings. The van der Waals surface area contributed by atoms with Crippen LogP contribution in [0.3, 0.4) is 0 Å². The monoisotopic (exact) mass is 460 g/mol. The summed E-state index contributed by atoms with van der Waals surface area (Å²) < 4.78 is 27.4. The van der Waals surface area contributed by atoms with E-state index >= 15 is 0 Å². The number of hydrogen-bond acceptors (Lipinski definition) is 9. The maximum absolute atomic E-state index is 6.39. The summed E-state index contributed by atoms with van der Waals surface area (Å²) in [5.41, 5.74) is 8.11. The smallest absolute Gasteiger partial charge is 0.233 e. The number of aromatic nitrogens is 2. The molecule has 0 spiro atoms. The van der Waals surface area contributed by atoms with Crippen molar-refractivity contribution >= 4 is 11.6 Å². The first-order valence-electron chi connectivity index (χ1n) is 10.1. The number of nitrogens with one attached hydrogen (secondary N) is 2. The molecule has 2 atom stereocenters. The SMILES string of the molecule is CCOc1ccc(C2NNCC2c2nc(-c3cc(OC)c(OC)c(OC)c3)no2)cc1Cl. The highest BCUT2D eigenvalue weighted by atomic mass is 35.5. The summed E-state index contributed by atoms with van der Waals surface area (Å²) in [6.45, 7) is 3.09. The Hall–Kier alpha value is -3.01. The van der Waals surface area contributed by atoms with Gasteiger partial charge >= 0.3 is 0 Å². The molecule has 170 valence electrons. The Kier molecular flexibility index (Phi) is 6.69. The van der Waals surface area contributed by atoms with Gasteiger partial charge in [0.05, 0.1) is 44.9 Å². The first-order chi connectivity index (χ1) is 15.6. The van der Waals surface area contributed by atoms with Gasteiger partial charge in [-0.05, 0) is 36.8 Å². The van der Waals surface area contributed by atoms with Crippen LogP contribution >= 0.6 is 11.6 Å². The lowest BCUT2D eigenvalue weighted by Gasteiger charge is -2.17. The number of halogens is 1. The van der Waals surface area contributed by atoms with E-state index in [2.05, 4.69) is 21.0 Å². The second-order valence-electron chi connectivity index (χ2n) is 7.10. The van der Waals surface area contributed by atoms with Crippen molar-refractivity contribution in [3.63, 3.8) is 0 Å². The summed E-state index contributed by atoms with van der Waals surface area (Å²) >= 11 is 6.39. The summed E-state index contributed by atoms with van der Waals surface area (Å²) in [7, 11) is 4.68. The van der Waals surface area contributed by atoms with Crippen molar-refractivity contribution in [2.24, 2.45) is 0 Å². The largest absolute Gasteiger partial charge is 0.493 e. The van der Waals surface area contributed by atoms with E-state index in [4.69, 9.17) is 35.1 Å². The zero-order valence-corrected chi connectivity index (χ0v) is 19.0. The van der Waals surface area contributed by atoms with Crippen LogP contribution in [0.25, 0.3) is 11.4 Å². The standard InChI is InChI=1S/C22H25ClN4O5/c1-5-31-16-7-6-12(8-15(16)23)19-14(11-24-26-19)22-25-21(27-32-22)13-9-17(28-2)20(30-4)18(10-13)29-3/h6-10,14,19,24,26H,5,11H2,1-4H3. The van der Waals surface area contributed by atoms with Gasteiger partial charge in [0.1, 0.15) is 5.75 Å². The Balaban J connectivity index is 1.63. The van der Waals surface area contributed by atoms with Gasteiger partial charge in [-0.1, -0.05) is 22.8 Å². The molecule has 4 rings (SSSR count). The van der Waals surface area contributed by atoms with Crippen molar-refractivity contribution < 1.29 is 23.5 Å². The summed E-state index contributed by atoms with van der Waals surface area (Å²) in [5.74, 6) is 3.02. The van der Waals surface area contributed by atoms with Crippen molar-refractivity contribution in [3.05, 3.63) is 46.8 Å². The average molecular weight is 461 g/mol. The molecule has 2 unspecified atom stereocenters. The highest BCUT2D eigenvalue weighted by Gasteiger charge is 2.34. The predicted molar refractivity (Wildman–Crippen MR) is 119 cm³/mol. The summed E-state index contributed by atoms with van der Waals surface area (Å²) in [4.78, 5) is 4.65. The van der Waals surface area contributed by atoms with Gasteiger partial charge in [-0.3, -0.25) is 5.43 Å². The molecular formula is C22H25ClN4O5. The topological polar surface area (TPSA) is 99.9 Å². The molecule has 0 bridgehead atoms. The second kappa shape index (κ2) is 9.64. The Morgan fingerprint density at radius 3 is 2.44 bits per heavy atom. The Bertz CT molecular complexity index is 1060. The zero-order valence-electron chi connectivity index (χ0n) is 18.3. The molecule has 0 aliphatic carbocycles. The van der Waals surface area contributed by atoms with E-state index in [9.17, 15) is 0 Å². The van der Waals surface area contributed by atoms with Crippen LogP contribution in [-0.2, 0) is 0 Å². The van der Waals surface area contributed by atoms with Crippen LogP contribution in [0.4, 0.5) is 0 Å². The van der Waals surface area contributed by atoms with E-state index in [1.54, 1.807) is 33.5 Å². The molecule has 0 saturated carbocycles. The number of benzene rings is 2. The minimum absolute atomic E-state index is 0.0905. The van der Waals surface area contributed by atoms with Crippen molar-refractivity contribution in [1.29, 1.82) is 0 Å². The molecule has 0 radical (unpaired) electrons. The average Bonchev–Trinajstić information content (AvgIpc) is 3.49. The minimum Gasteiger partial charge on any atom is -0.493 e. The van der Waals surface area contributed by atoms with Gasteiger partial charge < -0.3 is 23.5 Å². The van der Waals surface area contributed by atoms with Crippen molar-refractivity contribution in [2.45, 2.75) is 18.9 Å². The quantitative estimate of drug-likeness (QED) is 0.520. The number of hydrogen-bond donors (Lipinski definition) is 2. The Morgan fingerprint density at radius 1 is 1.06 bits per heavy atom.